The van der Waals surface area contributed by atoms with Gasteiger partial charge in [-0.05, 0) is 6.92 Å². The van der Waals surface area contributed by atoms with Crippen molar-refractivity contribution in [2.45, 2.75) is 143 Å². The molecule has 0 aromatic rings. The Morgan fingerprint density at radius 3 is 1.73 bits per heavy atom. The summed E-state index contributed by atoms with van der Waals surface area (Å²) in [5, 5.41) is 118. The average molecular weight is 822 g/mol. The number of methoxy groups -OCH3 is 2. The number of ether oxygens (including phenoxy) is 11. The molecule has 0 aromatic heterocycles. The van der Waals surface area contributed by atoms with Crippen molar-refractivity contribution in [1.29, 1.82) is 0 Å². The Morgan fingerprint density at radius 1 is 0.643 bits per heavy atom. The van der Waals surface area contributed by atoms with Crippen molar-refractivity contribution < 1.29 is 123 Å². The molecule has 324 valence electrons. The summed E-state index contributed by atoms with van der Waals surface area (Å²) in [7, 11) is 2.35. The van der Waals surface area contributed by atoms with Crippen LogP contribution < -0.4 is 5.11 Å². The number of esters is 2. The molecule has 21 atom stereocenters. The molecule has 25 nitrogen and oxygen atoms in total. The van der Waals surface area contributed by atoms with Crippen LogP contribution in [-0.4, -0.2) is 232 Å². The second-order valence-electron chi connectivity index (χ2n) is 13.3. The minimum absolute atomic E-state index is 0.783. The fourth-order valence-electron chi connectivity index (χ4n) is 6.52. The van der Waals surface area contributed by atoms with Gasteiger partial charge in [-0.15, -0.1) is 0 Å². The van der Waals surface area contributed by atoms with E-state index in [1.165, 1.54) is 14.0 Å². The predicted molar refractivity (Wildman–Crippen MR) is 166 cm³/mol. The molecular weight excluding hydrogens is 772 g/mol. The zero-order chi connectivity index (χ0) is 41.8. The van der Waals surface area contributed by atoms with Crippen molar-refractivity contribution in [3.8, 4) is 0 Å². The van der Waals surface area contributed by atoms with E-state index in [0.29, 0.717) is 0 Å². The number of carboxylic acid groups (broad SMARTS) is 1. The van der Waals surface area contributed by atoms with Gasteiger partial charge in [0.1, 0.15) is 92.1 Å². The summed E-state index contributed by atoms with van der Waals surface area (Å²) < 4.78 is 59.4. The number of carbonyl (C=O) groups is 3. The lowest BCUT2D eigenvalue weighted by Gasteiger charge is -2.50. The Hall–Kier alpha value is -2.35. The highest BCUT2D eigenvalue weighted by Crippen LogP contribution is 2.36. The lowest BCUT2D eigenvalue weighted by Crippen LogP contribution is -2.69. The van der Waals surface area contributed by atoms with Gasteiger partial charge in [-0.3, -0.25) is 4.79 Å². The van der Waals surface area contributed by atoms with Crippen LogP contribution in [0.3, 0.4) is 0 Å². The molecule has 0 aliphatic carbocycles. The van der Waals surface area contributed by atoms with Gasteiger partial charge >= 0.3 is 11.9 Å². The highest BCUT2D eigenvalue weighted by molar-refractivity contribution is 5.74. The van der Waals surface area contributed by atoms with E-state index in [9.17, 15) is 70.6 Å². The molecule has 21 unspecified atom stereocenters. The minimum atomic E-state index is -2.43. The standard InChI is InChI=1S/C31H50O25/c1-8-20(46-3)14(37)18(41)29(49-8)54-22-13(36)12(7-48-9(2)34)51-31(25(22)52-27(45)10(35)5-32)55-23-16(39)19(42)30(56-24(23)26(43)44)53-21-11(6-33)50-28(47-4)17(40)15(21)38/h8,10-25,28-33,35-42H,5-7H2,1-4H3,(H,43,44)/p-1. The minimum Gasteiger partial charge on any atom is -0.547 e. The summed E-state index contributed by atoms with van der Waals surface area (Å²) in [5.74, 6) is -4.60. The van der Waals surface area contributed by atoms with Gasteiger partial charge in [0.05, 0.1) is 25.3 Å². The highest BCUT2D eigenvalue weighted by atomic mass is 16.8. The molecule has 0 aromatic carbocycles. The Labute approximate surface area is 317 Å². The molecule has 4 saturated heterocycles. The summed E-state index contributed by atoms with van der Waals surface area (Å²) in [6.45, 7) is -0.394. The van der Waals surface area contributed by atoms with Crippen LogP contribution in [0.2, 0.25) is 0 Å². The molecule has 0 radical (unpaired) electrons. The third-order valence-corrected chi connectivity index (χ3v) is 9.52. The molecular formula is C31H49O25-. The maximum Gasteiger partial charge on any atom is 0.337 e. The highest BCUT2D eigenvalue weighted by Gasteiger charge is 2.57. The van der Waals surface area contributed by atoms with Gasteiger partial charge in [0.25, 0.3) is 0 Å². The van der Waals surface area contributed by atoms with E-state index in [1.807, 2.05) is 0 Å². The molecule has 10 N–H and O–H groups in total. The Bertz CT molecular complexity index is 1290. The fourth-order valence-corrected chi connectivity index (χ4v) is 6.52. The van der Waals surface area contributed by atoms with Crippen LogP contribution in [0.4, 0.5) is 0 Å². The maximum absolute atomic E-state index is 12.8. The Morgan fingerprint density at radius 2 is 1.18 bits per heavy atom. The largest absolute Gasteiger partial charge is 0.547 e. The normalized spacial score (nSPS) is 45.1. The van der Waals surface area contributed by atoms with Gasteiger partial charge in [-0.1, -0.05) is 0 Å². The number of carbonyl (C=O) groups excluding carboxylic acids is 3. The molecule has 4 aliphatic rings. The number of aliphatic hydroxyl groups excluding tert-OH is 10. The third kappa shape index (κ3) is 10.1. The van der Waals surface area contributed by atoms with Gasteiger partial charge in [-0.2, -0.15) is 0 Å². The van der Waals surface area contributed by atoms with E-state index in [-0.39, 0.29) is 0 Å². The van der Waals surface area contributed by atoms with E-state index in [2.05, 4.69) is 0 Å². The smallest absolute Gasteiger partial charge is 0.337 e. The molecule has 56 heavy (non-hydrogen) atoms. The molecule has 0 bridgehead atoms. The summed E-state index contributed by atoms with van der Waals surface area (Å²) in [4.78, 5) is 37.0. The molecule has 0 amide bonds. The number of hydrogen-bond acceptors (Lipinski definition) is 25. The number of rotatable bonds is 15. The first-order valence-electron chi connectivity index (χ1n) is 17.2. The van der Waals surface area contributed by atoms with Crippen LogP contribution in [0.15, 0.2) is 0 Å². The van der Waals surface area contributed by atoms with Crippen molar-refractivity contribution in [2.24, 2.45) is 0 Å². The van der Waals surface area contributed by atoms with Crippen LogP contribution in [0.1, 0.15) is 13.8 Å². The first kappa shape index (κ1) is 46.3. The molecule has 4 heterocycles. The van der Waals surface area contributed by atoms with E-state index in [1.54, 1.807) is 0 Å². The number of hydrogen-bond donors (Lipinski definition) is 10. The third-order valence-electron chi connectivity index (χ3n) is 9.52. The molecule has 4 rings (SSSR count). The van der Waals surface area contributed by atoms with Gasteiger partial charge in [-0.25, -0.2) is 4.79 Å². The monoisotopic (exact) mass is 821 g/mol. The SMILES string of the molecule is COC1OC(CO)C(OC2OC(C(=O)[O-])C(OC3OC(COC(C)=O)C(O)C(OC4OC(C)C(OC)C(O)C4O)C3OC(=O)C(O)CO)C(O)C2O)C(O)C1O. The van der Waals surface area contributed by atoms with Crippen LogP contribution in [0.25, 0.3) is 0 Å². The summed E-state index contributed by atoms with van der Waals surface area (Å²) in [6.07, 6.45) is -39.6. The van der Waals surface area contributed by atoms with Gasteiger partial charge in [0.15, 0.2) is 37.4 Å². The van der Waals surface area contributed by atoms with Crippen molar-refractivity contribution in [3.63, 3.8) is 0 Å². The quantitative estimate of drug-likeness (QED) is 0.0686. The van der Waals surface area contributed by atoms with Gasteiger partial charge in [0, 0.05) is 21.1 Å². The summed E-state index contributed by atoms with van der Waals surface area (Å²) in [6, 6.07) is 0. The van der Waals surface area contributed by atoms with E-state index in [0.717, 1.165) is 14.0 Å². The first-order chi connectivity index (χ1) is 26.4. The second-order valence-corrected chi connectivity index (χ2v) is 13.3. The second kappa shape index (κ2) is 20.1. The topological polar surface area (TPSA) is 378 Å². The Kier molecular flexibility index (Phi) is 16.6. The summed E-state index contributed by atoms with van der Waals surface area (Å²) in [5.41, 5.74) is 0. The van der Waals surface area contributed by atoms with Crippen LogP contribution in [-0.2, 0) is 66.5 Å². The van der Waals surface area contributed by atoms with Crippen molar-refractivity contribution >= 4 is 17.9 Å². The predicted octanol–water partition coefficient (Wildman–Crippen LogP) is -9.18. The van der Waals surface area contributed by atoms with E-state index < -0.39 is 167 Å². The fraction of sp³-hybridized carbons (Fsp3) is 0.903. The van der Waals surface area contributed by atoms with Crippen molar-refractivity contribution in [3.05, 3.63) is 0 Å². The summed E-state index contributed by atoms with van der Waals surface area (Å²) >= 11 is 0. The van der Waals surface area contributed by atoms with E-state index in [4.69, 9.17) is 52.1 Å². The molecule has 4 aliphatic heterocycles. The van der Waals surface area contributed by atoms with Crippen LogP contribution >= 0.6 is 0 Å². The van der Waals surface area contributed by atoms with Crippen molar-refractivity contribution in [2.75, 3.05) is 34.0 Å². The van der Waals surface area contributed by atoms with Gasteiger partial charge < -0.3 is 113 Å². The zero-order valence-corrected chi connectivity index (χ0v) is 30.3. The Balaban J connectivity index is 1.68. The molecule has 25 heteroatoms. The van der Waals surface area contributed by atoms with Crippen LogP contribution in [0.5, 0.6) is 0 Å². The van der Waals surface area contributed by atoms with E-state index >= 15 is 0 Å². The van der Waals surface area contributed by atoms with Gasteiger partial charge in [0.2, 0.25) is 0 Å². The number of aliphatic carboxylic acids is 1. The van der Waals surface area contributed by atoms with Crippen molar-refractivity contribution in [1.82, 2.24) is 0 Å². The number of carboxylic acids is 1. The molecule has 0 spiro atoms. The zero-order valence-electron chi connectivity index (χ0n) is 30.3. The lowest BCUT2D eigenvalue weighted by molar-refractivity contribution is -0.395. The lowest BCUT2D eigenvalue weighted by atomic mass is 9.95. The maximum atomic E-state index is 12.8. The molecule has 0 saturated carbocycles. The van der Waals surface area contributed by atoms with Crippen LogP contribution in [0, 0.1) is 0 Å². The first-order valence-corrected chi connectivity index (χ1v) is 17.2. The molecule has 4 fully saturated rings. The average Bonchev–Trinajstić information content (AvgIpc) is 3.16. The number of aliphatic hydroxyl groups is 10.